The number of aromatic nitrogens is 2. The highest BCUT2D eigenvalue weighted by atomic mass is 79.9. The Kier molecular flexibility index (Phi) is 3.97. The molecule has 3 rings (SSSR count). The smallest absolute Gasteiger partial charge is 0.346 e. The second kappa shape index (κ2) is 5.75. The van der Waals surface area contributed by atoms with Crippen molar-refractivity contribution in [1.29, 1.82) is 0 Å². The Balaban J connectivity index is 2.15. The fourth-order valence-electron chi connectivity index (χ4n) is 1.95. The molecule has 7 heteroatoms. The molecule has 0 unspecified atom stereocenters. The van der Waals surface area contributed by atoms with E-state index in [0.29, 0.717) is 9.71 Å². The number of rotatable bonds is 3. The van der Waals surface area contributed by atoms with E-state index in [4.69, 9.17) is 0 Å². The van der Waals surface area contributed by atoms with Gasteiger partial charge in [-0.1, -0.05) is 23.9 Å². The minimum Gasteiger partial charge on any atom is -0.477 e. The molecule has 0 aliphatic heterocycles. The van der Waals surface area contributed by atoms with E-state index < -0.39 is 5.97 Å². The first kappa shape index (κ1) is 14.5. The predicted octanol–water partition coefficient (Wildman–Crippen LogP) is 4.61. The summed E-state index contributed by atoms with van der Waals surface area (Å²) in [6.07, 6.45) is 1.48. The summed E-state index contributed by atoms with van der Waals surface area (Å²) in [4.78, 5) is 21.8. The molecule has 2 heterocycles. The lowest BCUT2D eigenvalue weighted by Crippen LogP contribution is -1.94. The summed E-state index contributed by atoms with van der Waals surface area (Å²) in [5, 5.41) is 10.8. The molecular formula is C14H9BrN2O2S2. The number of carbonyl (C=O) groups is 1. The van der Waals surface area contributed by atoms with Crippen molar-refractivity contribution >= 4 is 55.2 Å². The first-order valence-corrected chi connectivity index (χ1v) is 8.40. The predicted molar refractivity (Wildman–Crippen MR) is 87.4 cm³/mol. The fraction of sp³-hybridized carbons (Fsp3) is 0.0714. The lowest BCUT2D eigenvalue weighted by molar-refractivity contribution is 0.0701. The summed E-state index contributed by atoms with van der Waals surface area (Å²) < 4.78 is 0.980. The molecule has 21 heavy (non-hydrogen) atoms. The van der Waals surface area contributed by atoms with Crippen LogP contribution >= 0.6 is 39.0 Å². The summed E-state index contributed by atoms with van der Waals surface area (Å²) >= 11 is 6.19. The molecule has 1 N–H and O–H groups in total. The Morgan fingerprint density at radius 1 is 1.33 bits per heavy atom. The van der Waals surface area contributed by atoms with Gasteiger partial charge in [-0.15, -0.1) is 11.3 Å². The number of hydrogen-bond donors (Lipinski definition) is 1. The summed E-state index contributed by atoms with van der Waals surface area (Å²) in [7, 11) is 0. The average Bonchev–Trinajstić information content (AvgIpc) is 2.80. The van der Waals surface area contributed by atoms with E-state index in [9.17, 15) is 9.90 Å². The molecule has 0 spiro atoms. The van der Waals surface area contributed by atoms with Gasteiger partial charge < -0.3 is 5.11 Å². The van der Waals surface area contributed by atoms with Crippen LogP contribution in [0.3, 0.4) is 0 Å². The monoisotopic (exact) mass is 380 g/mol. The molecule has 1 aromatic carbocycles. The number of fused-ring (bicyclic) bond motifs is 1. The maximum absolute atomic E-state index is 11.3. The highest BCUT2D eigenvalue weighted by molar-refractivity contribution is 9.10. The Bertz CT molecular complexity index is 848. The SMILES string of the molecule is Cc1c(C(=O)O)sc2ncnc(Sc3ccccc3Br)c12. The van der Waals surface area contributed by atoms with Crippen molar-refractivity contribution in [1.82, 2.24) is 9.97 Å². The summed E-state index contributed by atoms with van der Waals surface area (Å²) in [5.74, 6) is -0.924. The van der Waals surface area contributed by atoms with Gasteiger partial charge in [-0.2, -0.15) is 0 Å². The first-order chi connectivity index (χ1) is 10.1. The van der Waals surface area contributed by atoms with E-state index in [1.807, 2.05) is 24.3 Å². The molecule has 0 fully saturated rings. The third kappa shape index (κ3) is 2.68. The molecule has 2 aromatic heterocycles. The van der Waals surface area contributed by atoms with Crippen LogP contribution in [0, 0.1) is 6.92 Å². The summed E-state index contributed by atoms with van der Waals surface area (Å²) in [5.41, 5.74) is 0.720. The molecule has 4 nitrogen and oxygen atoms in total. The van der Waals surface area contributed by atoms with Crippen LogP contribution in [0.15, 0.2) is 45.0 Å². The fourth-order valence-corrected chi connectivity index (χ4v) is 4.50. The Labute approximate surface area is 137 Å². The molecular weight excluding hydrogens is 372 g/mol. The Morgan fingerprint density at radius 2 is 2.10 bits per heavy atom. The third-order valence-corrected chi connectivity index (χ3v) is 6.15. The highest BCUT2D eigenvalue weighted by Gasteiger charge is 2.19. The number of thiophene rings is 1. The maximum Gasteiger partial charge on any atom is 0.346 e. The molecule has 106 valence electrons. The second-order valence-electron chi connectivity index (χ2n) is 4.25. The van der Waals surface area contributed by atoms with Crippen molar-refractivity contribution in [3.63, 3.8) is 0 Å². The molecule has 3 aromatic rings. The zero-order valence-corrected chi connectivity index (χ0v) is 14.1. The zero-order chi connectivity index (χ0) is 15.0. The van der Waals surface area contributed by atoms with Gasteiger partial charge in [0, 0.05) is 14.8 Å². The van der Waals surface area contributed by atoms with Crippen molar-refractivity contribution in [3.8, 4) is 0 Å². The molecule has 0 amide bonds. The van der Waals surface area contributed by atoms with E-state index in [-0.39, 0.29) is 0 Å². The minimum atomic E-state index is -0.924. The number of benzene rings is 1. The van der Waals surface area contributed by atoms with Crippen molar-refractivity contribution in [2.75, 3.05) is 0 Å². The van der Waals surface area contributed by atoms with Crippen LogP contribution in [-0.2, 0) is 0 Å². The van der Waals surface area contributed by atoms with Crippen LogP contribution < -0.4 is 0 Å². The van der Waals surface area contributed by atoms with Gasteiger partial charge in [-0.3, -0.25) is 0 Å². The van der Waals surface area contributed by atoms with Gasteiger partial charge in [0.05, 0.1) is 0 Å². The van der Waals surface area contributed by atoms with Crippen LogP contribution in [0.25, 0.3) is 10.2 Å². The highest BCUT2D eigenvalue weighted by Crippen LogP contribution is 2.39. The average molecular weight is 381 g/mol. The third-order valence-electron chi connectivity index (χ3n) is 2.93. The molecule has 0 saturated heterocycles. The van der Waals surface area contributed by atoms with Crippen LogP contribution in [0.5, 0.6) is 0 Å². The summed E-state index contributed by atoms with van der Waals surface area (Å²) in [6.45, 7) is 1.80. The van der Waals surface area contributed by atoms with Crippen LogP contribution in [0.1, 0.15) is 15.2 Å². The van der Waals surface area contributed by atoms with E-state index in [1.165, 1.54) is 29.4 Å². The first-order valence-electron chi connectivity index (χ1n) is 5.97. The molecule has 0 bridgehead atoms. The zero-order valence-electron chi connectivity index (χ0n) is 10.8. The number of carboxylic acids is 1. The van der Waals surface area contributed by atoms with Gasteiger partial charge in [0.2, 0.25) is 0 Å². The van der Waals surface area contributed by atoms with Crippen LogP contribution in [0.2, 0.25) is 0 Å². The van der Waals surface area contributed by atoms with Gasteiger partial charge in [0.25, 0.3) is 0 Å². The number of aryl methyl sites for hydroxylation is 1. The molecule has 0 aliphatic rings. The van der Waals surface area contributed by atoms with Crippen molar-refractivity contribution < 1.29 is 9.90 Å². The number of carboxylic acid groups (broad SMARTS) is 1. The van der Waals surface area contributed by atoms with E-state index in [2.05, 4.69) is 25.9 Å². The molecule has 0 atom stereocenters. The van der Waals surface area contributed by atoms with Gasteiger partial charge in [-0.05, 0) is 40.5 Å². The lowest BCUT2D eigenvalue weighted by atomic mass is 10.2. The van der Waals surface area contributed by atoms with Gasteiger partial charge >= 0.3 is 5.97 Å². The molecule has 0 saturated carbocycles. The lowest BCUT2D eigenvalue weighted by Gasteiger charge is -2.05. The Morgan fingerprint density at radius 3 is 2.81 bits per heavy atom. The topological polar surface area (TPSA) is 63.1 Å². The molecule has 0 radical (unpaired) electrons. The Hall–Kier alpha value is -1.44. The van der Waals surface area contributed by atoms with Crippen molar-refractivity contribution in [3.05, 3.63) is 45.5 Å². The van der Waals surface area contributed by atoms with Gasteiger partial charge in [-0.25, -0.2) is 14.8 Å². The van der Waals surface area contributed by atoms with Crippen molar-refractivity contribution in [2.24, 2.45) is 0 Å². The summed E-state index contributed by atoms with van der Waals surface area (Å²) in [6, 6.07) is 7.85. The largest absolute Gasteiger partial charge is 0.477 e. The van der Waals surface area contributed by atoms with E-state index >= 15 is 0 Å². The minimum absolute atomic E-state index is 0.319. The van der Waals surface area contributed by atoms with E-state index in [0.717, 1.165) is 25.3 Å². The van der Waals surface area contributed by atoms with E-state index in [1.54, 1.807) is 6.92 Å². The van der Waals surface area contributed by atoms with Gasteiger partial charge in [0.1, 0.15) is 21.1 Å². The normalized spacial score (nSPS) is 11.0. The van der Waals surface area contributed by atoms with Crippen LogP contribution in [-0.4, -0.2) is 21.0 Å². The second-order valence-corrected chi connectivity index (χ2v) is 7.14. The number of hydrogen-bond acceptors (Lipinski definition) is 5. The number of aromatic carboxylic acids is 1. The maximum atomic E-state index is 11.3. The molecule has 0 aliphatic carbocycles. The number of nitrogens with zero attached hydrogens (tertiary/aromatic N) is 2. The van der Waals surface area contributed by atoms with Crippen LogP contribution in [0.4, 0.5) is 0 Å². The number of halogens is 1. The standard InChI is InChI=1S/C14H9BrN2O2S2/c1-7-10-12(20-9-5-3-2-4-8(9)15)16-6-17-13(10)21-11(7)14(18)19/h2-6H,1H3,(H,18,19). The van der Waals surface area contributed by atoms with Crippen molar-refractivity contribution in [2.45, 2.75) is 16.8 Å². The van der Waals surface area contributed by atoms with Gasteiger partial charge in [0.15, 0.2) is 0 Å². The quantitative estimate of drug-likeness (QED) is 0.672.